The summed E-state index contributed by atoms with van der Waals surface area (Å²) in [6, 6.07) is 2.23. The van der Waals surface area contributed by atoms with E-state index >= 15 is 0 Å². The molecule has 0 radical (unpaired) electrons. The van der Waals surface area contributed by atoms with Crippen LogP contribution in [0.2, 0.25) is 0 Å². The van der Waals surface area contributed by atoms with Gasteiger partial charge in [-0.2, -0.15) is 0 Å². The Labute approximate surface area is 89.3 Å². The number of rotatable bonds is 3. The fraction of sp³-hybridized carbons (Fsp3) is 0.400. The molecule has 0 heterocycles. The van der Waals surface area contributed by atoms with Gasteiger partial charge in [-0.25, -0.2) is 13.2 Å². The van der Waals surface area contributed by atoms with E-state index < -0.39 is 17.5 Å². The Morgan fingerprint density at radius 1 is 1.21 bits per heavy atom. The Balaban J connectivity index is 2.83. The molecule has 0 saturated carbocycles. The van der Waals surface area contributed by atoms with Crippen LogP contribution in [0, 0.1) is 17.5 Å². The van der Waals surface area contributed by atoms with Gasteiger partial charge in [0.25, 0.3) is 0 Å². The average Bonchev–Trinajstić information content (AvgIpc) is 2.13. The summed E-state index contributed by atoms with van der Waals surface area (Å²) in [5.41, 5.74) is 0.218. The van der Waals surface area contributed by atoms with Gasteiger partial charge in [0, 0.05) is 4.83 Å². The standard InChI is InChI=1S/C10H10BrF3/c1-6(11)2-3-7-4-5-8(12)10(14)9(7)13/h4-6H,2-3H2,1H3. The minimum atomic E-state index is -1.38. The molecule has 0 spiro atoms. The summed E-state index contributed by atoms with van der Waals surface area (Å²) >= 11 is 3.30. The Morgan fingerprint density at radius 3 is 2.43 bits per heavy atom. The third-order valence-corrected chi connectivity index (χ3v) is 2.38. The molecule has 0 nitrogen and oxygen atoms in total. The van der Waals surface area contributed by atoms with E-state index in [1.54, 1.807) is 0 Å². The topological polar surface area (TPSA) is 0 Å². The van der Waals surface area contributed by atoms with Gasteiger partial charge in [-0.05, 0) is 24.5 Å². The maximum Gasteiger partial charge on any atom is 0.194 e. The second-order valence-electron chi connectivity index (χ2n) is 3.15. The molecule has 1 atom stereocenters. The number of benzene rings is 1. The maximum absolute atomic E-state index is 13.1. The molecule has 0 aromatic heterocycles. The summed E-state index contributed by atoms with van der Waals surface area (Å²) in [7, 11) is 0. The quantitative estimate of drug-likeness (QED) is 0.577. The first kappa shape index (κ1) is 11.6. The van der Waals surface area contributed by atoms with Gasteiger partial charge in [0.15, 0.2) is 17.5 Å². The van der Waals surface area contributed by atoms with Crippen LogP contribution in [-0.2, 0) is 6.42 Å². The van der Waals surface area contributed by atoms with Crippen LogP contribution in [0.4, 0.5) is 13.2 Å². The lowest BCUT2D eigenvalue weighted by Gasteiger charge is -2.05. The molecular weight excluding hydrogens is 257 g/mol. The summed E-state index contributed by atoms with van der Waals surface area (Å²) in [6.45, 7) is 1.91. The van der Waals surface area contributed by atoms with Gasteiger partial charge in [0.1, 0.15) is 0 Å². The zero-order valence-corrected chi connectivity index (χ0v) is 9.24. The summed E-state index contributed by atoms with van der Waals surface area (Å²) in [5.74, 6) is -3.60. The van der Waals surface area contributed by atoms with Crippen molar-refractivity contribution in [3.63, 3.8) is 0 Å². The molecule has 1 aromatic rings. The van der Waals surface area contributed by atoms with E-state index in [1.807, 2.05) is 6.92 Å². The van der Waals surface area contributed by atoms with Crippen LogP contribution in [0.15, 0.2) is 12.1 Å². The Bertz CT molecular complexity index is 323. The first-order valence-corrected chi connectivity index (χ1v) is 5.20. The first-order valence-electron chi connectivity index (χ1n) is 4.29. The lowest BCUT2D eigenvalue weighted by Crippen LogP contribution is -2.00. The number of hydrogen-bond acceptors (Lipinski definition) is 0. The highest BCUT2D eigenvalue weighted by molar-refractivity contribution is 9.09. The number of hydrogen-bond donors (Lipinski definition) is 0. The van der Waals surface area contributed by atoms with Gasteiger partial charge in [-0.15, -0.1) is 0 Å². The van der Waals surface area contributed by atoms with Crippen LogP contribution < -0.4 is 0 Å². The predicted octanol–water partition coefficient (Wildman–Crippen LogP) is 3.82. The minimum absolute atomic E-state index is 0.218. The lowest BCUT2D eigenvalue weighted by atomic mass is 10.1. The molecule has 1 aromatic carbocycles. The average molecular weight is 267 g/mol. The second-order valence-corrected chi connectivity index (χ2v) is 4.72. The highest BCUT2D eigenvalue weighted by Crippen LogP contribution is 2.18. The number of aryl methyl sites for hydroxylation is 1. The van der Waals surface area contributed by atoms with E-state index in [-0.39, 0.29) is 10.4 Å². The number of halogens is 4. The van der Waals surface area contributed by atoms with Crippen molar-refractivity contribution in [2.24, 2.45) is 0 Å². The van der Waals surface area contributed by atoms with Crippen molar-refractivity contribution in [1.82, 2.24) is 0 Å². The normalized spacial score (nSPS) is 12.9. The van der Waals surface area contributed by atoms with E-state index in [1.165, 1.54) is 6.07 Å². The Kier molecular flexibility index (Phi) is 3.98. The van der Waals surface area contributed by atoms with Crippen molar-refractivity contribution in [3.8, 4) is 0 Å². The van der Waals surface area contributed by atoms with Gasteiger partial charge in [-0.1, -0.05) is 28.9 Å². The fourth-order valence-corrected chi connectivity index (χ4v) is 1.34. The van der Waals surface area contributed by atoms with Crippen molar-refractivity contribution in [2.45, 2.75) is 24.6 Å². The Hall–Kier alpha value is -0.510. The van der Waals surface area contributed by atoms with Crippen LogP contribution in [-0.4, -0.2) is 4.83 Å². The van der Waals surface area contributed by atoms with Crippen molar-refractivity contribution in [2.75, 3.05) is 0 Å². The van der Waals surface area contributed by atoms with Gasteiger partial charge in [0.05, 0.1) is 0 Å². The maximum atomic E-state index is 13.1. The molecule has 0 N–H and O–H groups in total. The van der Waals surface area contributed by atoms with E-state index in [2.05, 4.69) is 15.9 Å². The highest BCUT2D eigenvalue weighted by atomic mass is 79.9. The minimum Gasteiger partial charge on any atom is -0.204 e. The molecule has 78 valence electrons. The summed E-state index contributed by atoms with van der Waals surface area (Å²) in [5, 5.41) is 0. The number of alkyl halides is 1. The van der Waals surface area contributed by atoms with Crippen LogP contribution >= 0.6 is 15.9 Å². The van der Waals surface area contributed by atoms with Crippen LogP contribution in [0.25, 0.3) is 0 Å². The van der Waals surface area contributed by atoms with Crippen LogP contribution in [0.1, 0.15) is 18.9 Å². The monoisotopic (exact) mass is 266 g/mol. The molecule has 14 heavy (non-hydrogen) atoms. The SMILES string of the molecule is CC(Br)CCc1ccc(F)c(F)c1F. The van der Waals surface area contributed by atoms with Crippen LogP contribution in [0.3, 0.4) is 0 Å². The highest BCUT2D eigenvalue weighted by Gasteiger charge is 2.13. The molecule has 0 aliphatic heterocycles. The molecule has 0 aliphatic rings. The summed E-state index contributed by atoms with van der Waals surface area (Å²) < 4.78 is 38.4. The molecule has 0 saturated heterocycles. The smallest absolute Gasteiger partial charge is 0.194 e. The summed E-state index contributed by atoms with van der Waals surface area (Å²) in [6.07, 6.45) is 1.08. The zero-order valence-electron chi connectivity index (χ0n) is 7.66. The van der Waals surface area contributed by atoms with E-state index in [4.69, 9.17) is 0 Å². The Morgan fingerprint density at radius 2 is 1.86 bits per heavy atom. The summed E-state index contributed by atoms with van der Waals surface area (Å²) in [4.78, 5) is 0.231. The molecule has 0 fully saturated rings. The van der Waals surface area contributed by atoms with E-state index in [0.29, 0.717) is 12.8 Å². The van der Waals surface area contributed by atoms with Gasteiger partial charge >= 0.3 is 0 Å². The third-order valence-electron chi connectivity index (χ3n) is 1.93. The molecule has 0 aliphatic carbocycles. The van der Waals surface area contributed by atoms with E-state index in [0.717, 1.165) is 6.07 Å². The van der Waals surface area contributed by atoms with Crippen molar-refractivity contribution < 1.29 is 13.2 Å². The van der Waals surface area contributed by atoms with Crippen molar-refractivity contribution in [3.05, 3.63) is 35.1 Å². The fourth-order valence-electron chi connectivity index (χ4n) is 1.11. The first-order chi connectivity index (χ1) is 6.52. The van der Waals surface area contributed by atoms with Gasteiger partial charge in [0.2, 0.25) is 0 Å². The van der Waals surface area contributed by atoms with Crippen molar-refractivity contribution >= 4 is 15.9 Å². The van der Waals surface area contributed by atoms with Crippen LogP contribution in [0.5, 0.6) is 0 Å². The van der Waals surface area contributed by atoms with Crippen molar-refractivity contribution in [1.29, 1.82) is 0 Å². The molecular formula is C10H10BrF3. The molecule has 4 heteroatoms. The zero-order chi connectivity index (χ0) is 10.7. The predicted molar refractivity (Wildman–Crippen MR) is 53.0 cm³/mol. The molecule has 1 rings (SSSR count). The van der Waals surface area contributed by atoms with Gasteiger partial charge < -0.3 is 0 Å². The second kappa shape index (κ2) is 4.82. The lowest BCUT2D eigenvalue weighted by molar-refractivity contribution is 0.440. The molecule has 0 bridgehead atoms. The van der Waals surface area contributed by atoms with E-state index in [9.17, 15) is 13.2 Å². The largest absolute Gasteiger partial charge is 0.204 e. The van der Waals surface area contributed by atoms with Gasteiger partial charge in [-0.3, -0.25) is 0 Å². The molecule has 1 unspecified atom stereocenters. The molecule has 0 amide bonds. The third kappa shape index (κ3) is 2.74.